The Morgan fingerprint density at radius 3 is 2.50 bits per heavy atom. The topological polar surface area (TPSA) is 75.2 Å². The first-order chi connectivity index (χ1) is 10.5. The fourth-order valence-electron chi connectivity index (χ4n) is 2.11. The first kappa shape index (κ1) is 14.8. The number of halogens is 2. The number of anilines is 1. The van der Waals surface area contributed by atoms with Gasteiger partial charge in [0, 0.05) is 31.5 Å². The van der Waals surface area contributed by atoms with E-state index in [0.717, 1.165) is 16.4 Å². The highest BCUT2D eigenvalue weighted by molar-refractivity contribution is 7.89. The van der Waals surface area contributed by atoms with E-state index in [0.29, 0.717) is 12.0 Å². The van der Waals surface area contributed by atoms with Crippen molar-refractivity contribution in [3.05, 3.63) is 48.3 Å². The molecule has 1 N–H and O–H groups in total. The SMILES string of the molecule is O=S(=O)(c1ccc(F)cc1F)N1CC(Nc2ncccn2)C1. The molecule has 116 valence electrons. The summed E-state index contributed by atoms with van der Waals surface area (Å²) in [5.41, 5.74) is 0. The minimum atomic E-state index is -3.96. The Balaban J connectivity index is 1.69. The van der Waals surface area contributed by atoms with E-state index >= 15 is 0 Å². The monoisotopic (exact) mass is 326 g/mol. The van der Waals surface area contributed by atoms with Gasteiger partial charge in [0.1, 0.15) is 16.5 Å². The molecule has 0 unspecified atom stereocenters. The van der Waals surface area contributed by atoms with Crippen molar-refractivity contribution in [1.29, 1.82) is 0 Å². The number of rotatable bonds is 4. The molecular weight excluding hydrogens is 314 g/mol. The molecule has 0 spiro atoms. The fourth-order valence-corrected chi connectivity index (χ4v) is 3.68. The van der Waals surface area contributed by atoms with E-state index in [2.05, 4.69) is 15.3 Å². The predicted molar refractivity (Wildman–Crippen MR) is 74.6 cm³/mol. The first-order valence-corrected chi connectivity index (χ1v) is 7.89. The minimum absolute atomic E-state index is 0.152. The van der Waals surface area contributed by atoms with Gasteiger partial charge in [-0.1, -0.05) is 0 Å². The molecule has 1 fully saturated rings. The highest BCUT2D eigenvalue weighted by atomic mass is 32.2. The molecule has 0 radical (unpaired) electrons. The fraction of sp³-hybridized carbons (Fsp3) is 0.231. The second-order valence-corrected chi connectivity index (χ2v) is 6.72. The Bertz CT molecular complexity index is 780. The number of nitrogens with zero attached hydrogens (tertiary/aromatic N) is 3. The molecule has 1 saturated heterocycles. The standard InChI is InChI=1S/C13H12F2N4O2S/c14-9-2-3-12(11(15)6-9)22(20,21)19-7-10(8-19)18-13-16-4-1-5-17-13/h1-6,10H,7-8H2,(H,16,17,18). The molecule has 1 aliphatic rings. The van der Waals surface area contributed by atoms with Crippen LogP contribution in [0.4, 0.5) is 14.7 Å². The van der Waals surface area contributed by atoms with Crippen molar-refractivity contribution in [3.63, 3.8) is 0 Å². The van der Waals surface area contributed by atoms with E-state index in [-0.39, 0.29) is 19.1 Å². The van der Waals surface area contributed by atoms with Gasteiger partial charge in [-0.05, 0) is 18.2 Å². The number of nitrogens with one attached hydrogen (secondary N) is 1. The number of benzene rings is 1. The maximum atomic E-state index is 13.6. The summed E-state index contributed by atoms with van der Waals surface area (Å²) in [5, 5.41) is 2.97. The highest BCUT2D eigenvalue weighted by Gasteiger charge is 2.38. The van der Waals surface area contributed by atoms with Gasteiger partial charge in [0.25, 0.3) is 0 Å². The smallest absolute Gasteiger partial charge is 0.246 e. The molecule has 0 saturated carbocycles. The van der Waals surface area contributed by atoms with Gasteiger partial charge in [-0.2, -0.15) is 4.31 Å². The van der Waals surface area contributed by atoms with Gasteiger partial charge >= 0.3 is 0 Å². The Hall–Kier alpha value is -2.13. The molecule has 9 heteroatoms. The lowest BCUT2D eigenvalue weighted by Gasteiger charge is -2.38. The van der Waals surface area contributed by atoms with E-state index in [9.17, 15) is 17.2 Å². The number of aromatic nitrogens is 2. The number of hydrogen-bond donors (Lipinski definition) is 1. The summed E-state index contributed by atoms with van der Waals surface area (Å²) in [6.07, 6.45) is 3.13. The van der Waals surface area contributed by atoms with Gasteiger partial charge in [0.15, 0.2) is 0 Å². The number of hydrogen-bond acceptors (Lipinski definition) is 5. The van der Waals surface area contributed by atoms with Crippen LogP contribution in [0.1, 0.15) is 0 Å². The van der Waals surface area contributed by atoms with Crippen LogP contribution in [0, 0.1) is 11.6 Å². The summed E-state index contributed by atoms with van der Waals surface area (Å²) in [4.78, 5) is 7.43. The Morgan fingerprint density at radius 1 is 1.18 bits per heavy atom. The zero-order valence-corrected chi connectivity index (χ0v) is 12.1. The molecule has 1 aliphatic heterocycles. The summed E-state index contributed by atoms with van der Waals surface area (Å²) >= 11 is 0. The first-order valence-electron chi connectivity index (χ1n) is 6.45. The lowest BCUT2D eigenvalue weighted by atomic mass is 10.2. The molecule has 0 atom stereocenters. The zero-order chi connectivity index (χ0) is 15.7. The molecule has 0 amide bonds. The minimum Gasteiger partial charge on any atom is -0.349 e. The van der Waals surface area contributed by atoms with Crippen molar-refractivity contribution in [1.82, 2.24) is 14.3 Å². The van der Waals surface area contributed by atoms with E-state index in [1.54, 1.807) is 18.5 Å². The molecule has 2 aromatic rings. The van der Waals surface area contributed by atoms with Crippen LogP contribution in [0.3, 0.4) is 0 Å². The van der Waals surface area contributed by atoms with Crippen molar-refractivity contribution >= 4 is 16.0 Å². The highest BCUT2D eigenvalue weighted by Crippen LogP contribution is 2.25. The molecule has 0 aliphatic carbocycles. The summed E-state index contributed by atoms with van der Waals surface area (Å²) in [6, 6.07) is 3.92. The summed E-state index contributed by atoms with van der Waals surface area (Å²) < 4.78 is 52.1. The van der Waals surface area contributed by atoms with Crippen LogP contribution in [0.5, 0.6) is 0 Å². The molecular formula is C13H12F2N4O2S. The molecule has 0 bridgehead atoms. The average molecular weight is 326 g/mol. The zero-order valence-electron chi connectivity index (χ0n) is 11.3. The summed E-state index contributed by atoms with van der Waals surface area (Å²) in [6.45, 7) is 0.328. The van der Waals surface area contributed by atoms with E-state index in [1.807, 2.05) is 0 Å². The Morgan fingerprint density at radius 2 is 1.86 bits per heavy atom. The van der Waals surface area contributed by atoms with Crippen LogP contribution in [0.2, 0.25) is 0 Å². The van der Waals surface area contributed by atoms with E-state index < -0.39 is 26.6 Å². The maximum Gasteiger partial charge on any atom is 0.246 e. The van der Waals surface area contributed by atoms with Crippen molar-refractivity contribution in [3.8, 4) is 0 Å². The molecule has 1 aromatic heterocycles. The maximum absolute atomic E-state index is 13.6. The Kier molecular flexibility index (Phi) is 3.75. The van der Waals surface area contributed by atoms with E-state index in [1.165, 1.54) is 0 Å². The molecule has 2 heterocycles. The molecule has 3 rings (SSSR count). The van der Waals surface area contributed by atoms with Crippen LogP contribution in [-0.4, -0.2) is 41.8 Å². The van der Waals surface area contributed by atoms with Gasteiger partial charge in [0.05, 0.1) is 6.04 Å². The average Bonchev–Trinajstić information content (AvgIpc) is 2.43. The van der Waals surface area contributed by atoms with Crippen molar-refractivity contribution in [2.45, 2.75) is 10.9 Å². The van der Waals surface area contributed by atoms with Gasteiger partial charge in [-0.25, -0.2) is 27.2 Å². The second kappa shape index (κ2) is 5.58. The van der Waals surface area contributed by atoms with Crippen molar-refractivity contribution in [2.24, 2.45) is 0 Å². The van der Waals surface area contributed by atoms with Crippen LogP contribution >= 0.6 is 0 Å². The van der Waals surface area contributed by atoms with Gasteiger partial charge in [-0.3, -0.25) is 0 Å². The second-order valence-electron chi connectivity index (χ2n) is 4.81. The molecule has 6 nitrogen and oxygen atoms in total. The normalized spacial score (nSPS) is 16.3. The molecule has 1 aromatic carbocycles. The van der Waals surface area contributed by atoms with Crippen LogP contribution in [0.25, 0.3) is 0 Å². The van der Waals surface area contributed by atoms with Crippen LogP contribution < -0.4 is 5.32 Å². The van der Waals surface area contributed by atoms with Crippen molar-refractivity contribution < 1.29 is 17.2 Å². The third-order valence-electron chi connectivity index (χ3n) is 3.26. The van der Waals surface area contributed by atoms with Crippen LogP contribution in [0.15, 0.2) is 41.6 Å². The third-order valence-corrected chi connectivity index (χ3v) is 5.12. The van der Waals surface area contributed by atoms with E-state index in [4.69, 9.17) is 0 Å². The third kappa shape index (κ3) is 2.77. The van der Waals surface area contributed by atoms with Gasteiger partial charge in [-0.15, -0.1) is 0 Å². The lowest BCUT2D eigenvalue weighted by Crippen LogP contribution is -2.57. The van der Waals surface area contributed by atoms with Crippen LogP contribution in [-0.2, 0) is 10.0 Å². The summed E-state index contributed by atoms with van der Waals surface area (Å²) in [7, 11) is -3.96. The molecule has 22 heavy (non-hydrogen) atoms. The lowest BCUT2D eigenvalue weighted by molar-refractivity contribution is 0.279. The largest absolute Gasteiger partial charge is 0.349 e. The quantitative estimate of drug-likeness (QED) is 0.915. The van der Waals surface area contributed by atoms with Gasteiger partial charge < -0.3 is 5.32 Å². The predicted octanol–water partition coefficient (Wildman–Crippen LogP) is 1.24. The summed E-state index contributed by atoms with van der Waals surface area (Å²) in [5.74, 6) is -1.51. The van der Waals surface area contributed by atoms with Gasteiger partial charge in [0.2, 0.25) is 16.0 Å². The Labute approximate surface area is 125 Å². The number of sulfonamides is 1. The van der Waals surface area contributed by atoms with Crippen molar-refractivity contribution in [2.75, 3.05) is 18.4 Å².